The maximum atomic E-state index is 12.7. The first kappa shape index (κ1) is 13.7. The summed E-state index contributed by atoms with van der Waals surface area (Å²) in [6.07, 6.45) is 4.87. The highest BCUT2D eigenvalue weighted by Crippen LogP contribution is 2.46. The van der Waals surface area contributed by atoms with Crippen molar-refractivity contribution in [2.75, 3.05) is 4.90 Å². The van der Waals surface area contributed by atoms with E-state index in [1.165, 1.54) is 29.2 Å². The Kier molecular flexibility index (Phi) is 3.23. The Balaban J connectivity index is 1.90. The molecule has 21 heavy (non-hydrogen) atoms. The van der Waals surface area contributed by atoms with Crippen LogP contribution in [0.1, 0.15) is 38.5 Å². The highest BCUT2D eigenvalue weighted by molar-refractivity contribution is 6.22. The average molecular weight is 288 g/mol. The largest absolute Gasteiger partial charge is 0.274 e. The molecule has 2 fully saturated rings. The minimum Gasteiger partial charge on any atom is -0.274 e. The van der Waals surface area contributed by atoms with Crippen LogP contribution in [0.5, 0.6) is 0 Å². The third-order valence-corrected chi connectivity index (χ3v) is 4.53. The fourth-order valence-electron chi connectivity index (χ4n) is 3.40. The molecule has 0 unspecified atom stereocenters. The molecule has 1 saturated heterocycles. The van der Waals surface area contributed by atoms with Crippen molar-refractivity contribution in [3.05, 3.63) is 34.4 Å². The normalized spacial score (nSPS) is 21.0. The second kappa shape index (κ2) is 4.95. The van der Waals surface area contributed by atoms with Gasteiger partial charge in [-0.15, -0.1) is 0 Å². The van der Waals surface area contributed by atoms with Crippen molar-refractivity contribution in [1.82, 2.24) is 0 Å². The Morgan fingerprint density at radius 2 is 1.67 bits per heavy atom. The van der Waals surface area contributed by atoms with E-state index in [0.717, 1.165) is 32.1 Å². The molecule has 1 spiro atoms. The monoisotopic (exact) mass is 288 g/mol. The van der Waals surface area contributed by atoms with Gasteiger partial charge in [-0.05, 0) is 25.0 Å². The number of nitro benzene ring substituents is 1. The predicted octanol–water partition coefficient (Wildman–Crippen LogP) is 2.81. The number of nitro groups is 1. The van der Waals surface area contributed by atoms with Gasteiger partial charge in [-0.3, -0.25) is 24.6 Å². The Morgan fingerprint density at radius 1 is 1.05 bits per heavy atom. The van der Waals surface area contributed by atoms with E-state index in [0.29, 0.717) is 5.69 Å². The lowest BCUT2D eigenvalue weighted by Gasteiger charge is -2.30. The van der Waals surface area contributed by atoms with E-state index in [9.17, 15) is 19.7 Å². The highest BCUT2D eigenvalue weighted by atomic mass is 16.6. The smallest absolute Gasteiger partial charge is 0.269 e. The summed E-state index contributed by atoms with van der Waals surface area (Å²) in [6.45, 7) is 0. The Morgan fingerprint density at radius 3 is 2.24 bits per heavy atom. The third kappa shape index (κ3) is 2.20. The first-order valence-electron chi connectivity index (χ1n) is 7.15. The van der Waals surface area contributed by atoms with Crippen molar-refractivity contribution >= 4 is 23.2 Å². The number of hydrogen-bond donors (Lipinski definition) is 0. The lowest BCUT2D eigenvalue weighted by molar-refractivity contribution is -0.384. The summed E-state index contributed by atoms with van der Waals surface area (Å²) >= 11 is 0. The second-order valence-corrected chi connectivity index (χ2v) is 5.83. The van der Waals surface area contributed by atoms with Crippen LogP contribution in [0.15, 0.2) is 24.3 Å². The zero-order chi connectivity index (χ0) is 15.0. The van der Waals surface area contributed by atoms with E-state index >= 15 is 0 Å². The molecule has 2 amide bonds. The molecule has 6 nitrogen and oxygen atoms in total. The van der Waals surface area contributed by atoms with Crippen molar-refractivity contribution in [3.63, 3.8) is 0 Å². The Labute approximate surface area is 121 Å². The van der Waals surface area contributed by atoms with Crippen LogP contribution in [-0.4, -0.2) is 16.7 Å². The summed E-state index contributed by atoms with van der Waals surface area (Å²) in [6, 6.07) is 5.58. The molecule has 1 saturated carbocycles. The number of amides is 2. The zero-order valence-electron chi connectivity index (χ0n) is 11.6. The van der Waals surface area contributed by atoms with Crippen LogP contribution in [-0.2, 0) is 9.59 Å². The van der Waals surface area contributed by atoms with Gasteiger partial charge in [-0.1, -0.05) is 19.3 Å². The molecule has 0 bridgehead atoms. The molecule has 0 N–H and O–H groups in total. The van der Waals surface area contributed by atoms with Gasteiger partial charge in [0.25, 0.3) is 5.69 Å². The summed E-state index contributed by atoms with van der Waals surface area (Å²) in [4.78, 5) is 36.3. The van der Waals surface area contributed by atoms with Crippen molar-refractivity contribution in [2.24, 2.45) is 5.41 Å². The third-order valence-electron chi connectivity index (χ3n) is 4.53. The maximum absolute atomic E-state index is 12.7. The molecular weight excluding hydrogens is 272 g/mol. The minimum absolute atomic E-state index is 0.0507. The van der Waals surface area contributed by atoms with Gasteiger partial charge in [0.05, 0.1) is 16.0 Å². The van der Waals surface area contributed by atoms with Crippen molar-refractivity contribution in [3.8, 4) is 0 Å². The van der Waals surface area contributed by atoms with Gasteiger partial charge < -0.3 is 0 Å². The van der Waals surface area contributed by atoms with Gasteiger partial charge in [0.15, 0.2) is 0 Å². The molecule has 2 aliphatic rings. The number of benzene rings is 1. The summed E-state index contributed by atoms with van der Waals surface area (Å²) in [5.74, 6) is -0.336. The molecular formula is C15H16N2O4. The molecule has 1 aromatic rings. The van der Waals surface area contributed by atoms with E-state index in [1.54, 1.807) is 0 Å². The van der Waals surface area contributed by atoms with Gasteiger partial charge in [0, 0.05) is 18.6 Å². The Hall–Kier alpha value is -2.24. The summed E-state index contributed by atoms with van der Waals surface area (Å²) in [5.41, 5.74) is -0.153. The van der Waals surface area contributed by atoms with Crippen molar-refractivity contribution in [1.29, 1.82) is 0 Å². The van der Waals surface area contributed by atoms with Gasteiger partial charge in [0.1, 0.15) is 0 Å². The van der Waals surface area contributed by atoms with Gasteiger partial charge in [-0.25, -0.2) is 0 Å². The molecule has 1 aliphatic carbocycles. The summed E-state index contributed by atoms with van der Waals surface area (Å²) in [7, 11) is 0. The average Bonchev–Trinajstić information content (AvgIpc) is 2.71. The molecule has 0 radical (unpaired) electrons. The molecule has 0 aromatic heterocycles. The number of nitrogens with zero attached hydrogens (tertiary/aromatic N) is 2. The molecule has 110 valence electrons. The van der Waals surface area contributed by atoms with Crippen LogP contribution < -0.4 is 4.90 Å². The lowest BCUT2D eigenvalue weighted by Crippen LogP contribution is -2.36. The van der Waals surface area contributed by atoms with Gasteiger partial charge >= 0.3 is 0 Å². The van der Waals surface area contributed by atoms with Crippen LogP contribution in [0, 0.1) is 15.5 Å². The van der Waals surface area contributed by atoms with Crippen LogP contribution in [0.2, 0.25) is 0 Å². The number of hydrogen-bond acceptors (Lipinski definition) is 4. The summed E-state index contributed by atoms with van der Waals surface area (Å²) in [5, 5.41) is 10.7. The quantitative estimate of drug-likeness (QED) is 0.476. The zero-order valence-corrected chi connectivity index (χ0v) is 11.6. The lowest BCUT2D eigenvalue weighted by atomic mass is 9.73. The maximum Gasteiger partial charge on any atom is 0.269 e. The van der Waals surface area contributed by atoms with Gasteiger partial charge in [-0.2, -0.15) is 0 Å². The number of anilines is 1. The van der Waals surface area contributed by atoms with Crippen LogP contribution in [0.3, 0.4) is 0 Å². The van der Waals surface area contributed by atoms with E-state index in [4.69, 9.17) is 0 Å². The number of carbonyl (C=O) groups excluding carboxylic acids is 2. The van der Waals surface area contributed by atoms with Crippen LogP contribution in [0.4, 0.5) is 11.4 Å². The molecule has 1 aromatic carbocycles. The van der Waals surface area contributed by atoms with E-state index in [1.807, 2.05) is 0 Å². The molecule has 6 heteroatoms. The number of carbonyl (C=O) groups is 2. The molecule has 1 aliphatic heterocycles. The fraction of sp³-hybridized carbons (Fsp3) is 0.467. The van der Waals surface area contributed by atoms with Crippen molar-refractivity contribution in [2.45, 2.75) is 38.5 Å². The number of rotatable bonds is 2. The Bertz CT molecular complexity index is 603. The summed E-state index contributed by atoms with van der Waals surface area (Å²) < 4.78 is 0. The fourth-order valence-corrected chi connectivity index (χ4v) is 3.40. The molecule has 3 rings (SSSR count). The SMILES string of the molecule is O=C1CC2(CCCCC2)C(=O)N1c1ccc([N+](=O)[O-])cc1. The van der Waals surface area contributed by atoms with Crippen LogP contribution >= 0.6 is 0 Å². The van der Waals surface area contributed by atoms with Gasteiger partial charge in [0.2, 0.25) is 11.8 Å². The molecule has 0 atom stereocenters. The number of non-ortho nitro benzene ring substituents is 1. The topological polar surface area (TPSA) is 80.5 Å². The van der Waals surface area contributed by atoms with E-state index in [-0.39, 0.29) is 23.9 Å². The first-order chi connectivity index (χ1) is 10.0. The van der Waals surface area contributed by atoms with E-state index < -0.39 is 10.3 Å². The minimum atomic E-state index is -0.531. The van der Waals surface area contributed by atoms with Crippen molar-refractivity contribution < 1.29 is 14.5 Å². The predicted molar refractivity (Wildman–Crippen MR) is 75.7 cm³/mol. The standard InChI is InChI=1S/C15H16N2O4/c18-13-10-15(8-2-1-3-9-15)14(19)16(13)11-4-6-12(7-5-11)17(20)21/h4-7H,1-3,8-10H2. The highest BCUT2D eigenvalue weighted by Gasteiger charge is 2.51. The molecule has 1 heterocycles. The van der Waals surface area contributed by atoms with Crippen LogP contribution in [0.25, 0.3) is 0 Å². The van der Waals surface area contributed by atoms with E-state index in [2.05, 4.69) is 0 Å². The first-order valence-corrected chi connectivity index (χ1v) is 7.15. The number of imide groups is 1. The second-order valence-electron chi connectivity index (χ2n) is 5.83.